The Hall–Kier alpha value is -1.90. The van der Waals surface area contributed by atoms with Crippen molar-refractivity contribution < 1.29 is 19.0 Å². The van der Waals surface area contributed by atoms with E-state index in [4.69, 9.17) is 9.84 Å². The van der Waals surface area contributed by atoms with Crippen LogP contribution in [-0.2, 0) is 4.74 Å². The topological polar surface area (TPSA) is 58.6 Å². The number of ether oxygens (including phenoxy) is 1. The van der Waals surface area contributed by atoms with Crippen LogP contribution in [0.2, 0.25) is 0 Å². The zero-order valence-corrected chi connectivity index (χ0v) is 11.4. The van der Waals surface area contributed by atoms with E-state index in [0.29, 0.717) is 31.7 Å². The summed E-state index contributed by atoms with van der Waals surface area (Å²) in [6, 6.07) is 4.02. The van der Waals surface area contributed by atoms with Crippen molar-refractivity contribution in [1.29, 1.82) is 0 Å². The Labute approximate surface area is 117 Å². The smallest absolute Gasteiger partial charge is 0.254 e. The molecule has 108 valence electrons. The third-order valence-electron chi connectivity index (χ3n) is 2.48. The molecule has 1 aromatic carbocycles. The van der Waals surface area contributed by atoms with E-state index in [1.165, 1.54) is 18.2 Å². The van der Waals surface area contributed by atoms with Crippen molar-refractivity contribution in [2.45, 2.75) is 13.3 Å². The lowest BCUT2D eigenvalue weighted by Crippen LogP contribution is -2.26. The second-order valence-corrected chi connectivity index (χ2v) is 3.96. The predicted molar refractivity (Wildman–Crippen MR) is 73.8 cm³/mol. The molecule has 0 saturated heterocycles. The summed E-state index contributed by atoms with van der Waals surface area (Å²) in [4.78, 5) is 11.8. The molecule has 0 fully saturated rings. The van der Waals surface area contributed by atoms with Crippen molar-refractivity contribution in [1.82, 2.24) is 5.32 Å². The van der Waals surface area contributed by atoms with Gasteiger partial charge in [0.05, 0.1) is 5.56 Å². The van der Waals surface area contributed by atoms with Gasteiger partial charge in [-0.05, 0) is 31.5 Å². The minimum atomic E-state index is -0.596. The van der Waals surface area contributed by atoms with Gasteiger partial charge in [0.2, 0.25) is 0 Å². The van der Waals surface area contributed by atoms with E-state index < -0.39 is 11.7 Å². The maximum atomic E-state index is 13.6. The van der Waals surface area contributed by atoms with Crippen LogP contribution in [0, 0.1) is 17.7 Å². The molecular formula is C15H18FNO3. The highest BCUT2D eigenvalue weighted by Gasteiger charge is 2.11. The number of rotatable bonds is 6. The van der Waals surface area contributed by atoms with Gasteiger partial charge in [-0.25, -0.2) is 4.39 Å². The van der Waals surface area contributed by atoms with Crippen molar-refractivity contribution >= 4 is 5.91 Å². The Kier molecular flexibility index (Phi) is 7.33. The number of hydrogen-bond donors (Lipinski definition) is 2. The zero-order valence-electron chi connectivity index (χ0n) is 11.4. The summed E-state index contributed by atoms with van der Waals surface area (Å²) in [6.07, 6.45) is 0.672. The second-order valence-electron chi connectivity index (χ2n) is 3.96. The molecule has 1 rings (SSSR count). The van der Waals surface area contributed by atoms with Crippen molar-refractivity contribution in [2.24, 2.45) is 0 Å². The summed E-state index contributed by atoms with van der Waals surface area (Å²) in [6.45, 7) is 3.23. The molecule has 0 heterocycles. The highest BCUT2D eigenvalue weighted by Crippen LogP contribution is 2.10. The average Bonchev–Trinajstić information content (AvgIpc) is 2.46. The minimum Gasteiger partial charge on any atom is -0.384 e. The Balaban J connectivity index is 2.62. The first-order valence-corrected chi connectivity index (χ1v) is 6.44. The number of hydrogen-bond acceptors (Lipinski definition) is 3. The normalized spacial score (nSPS) is 9.75. The van der Waals surface area contributed by atoms with Gasteiger partial charge in [-0.2, -0.15) is 0 Å². The van der Waals surface area contributed by atoms with Crippen LogP contribution in [0.4, 0.5) is 4.39 Å². The Bertz CT molecular complexity index is 506. The van der Waals surface area contributed by atoms with E-state index in [-0.39, 0.29) is 12.2 Å². The fraction of sp³-hybridized carbons (Fsp3) is 0.400. The van der Waals surface area contributed by atoms with Gasteiger partial charge < -0.3 is 15.2 Å². The molecule has 0 bridgehead atoms. The van der Waals surface area contributed by atoms with Crippen LogP contribution >= 0.6 is 0 Å². The fourth-order valence-electron chi connectivity index (χ4n) is 1.53. The summed E-state index contributed by atoms with van der Waals surface area (Å²) in [5, 5.41) is 11.2. The van der Waals surface area contributed by atoms with E-state index in [2.05, 4.69) is 17.2 Å². The number of aliphatic hydroxyl groups excluding tert-OH is 1. The molecular weight excluding hydrogens is 261 g/mol. The Morgan fingerprint density at radius 1 is 1.50 bits per heavy atom. The third kappa shape index (κ3) is 5.39. The van der Waals surface area contributed by atoms with Crippen molar-refractivity contribution in [2.75, 3.05) is 26.4 Å². The average molecular weight is 279 g/mol. The number of carbonyl (C=O) groups excluding carboxylic acids is 1. The molecule has 1 amide bonds. The molecule has 0 aliphatic carbocycles. The molecule has 0 aliphatic rings. The van der Waals surface area contributed by atoms with Gasteiger partial charge in [-0.1, -0.05) is 11.8 Å². The van der Waals surface area contributed by atoms with Crippen LogP contribution in [-0.4, -0.2) is 37.4 Å². The van der Waals surface area contributed by atoms with Gasteiger partial charge >= 0.3 is 0 Å². The molecule has 4 nitrogen and oxygen atoms in total. The molecule has 2 N–H and O–H groups in total. The van der Waals surface area contributed by atoms with E-state index >= 15 is 0 Å². The summed E-state index contributed by atoms with van der Waals surface area (Å²) in [7, 11) is 0. The third-order valence-corrected chi connectivity index (χ3v) is 2.48. The van der Waals surface area contributed by atoms with Gasteiger partial charge in [0.15, 0.2) is 0 Å². The number of amides is 1. The van der Waals surface area contributed by atoms with Crippen molar-refractivity contribution in [3.8, 4) is 11.8 Å². The van der Waals surface area contributed by atoms with Crippen LogP contribution in [0.15, 0.2) is 18.2 Å². The van der Waals surface area contributed by atoms with E-state index in [1.54, 1.807) is 0 Å². The van der Waals surface area contributed by atoms with Crippen LogP contribution in [0.5, 0.6) is 0 Å². The standard InChI is InChI=1S/C15H18FNO3/c1-2-20-10-4-8-17-15(19)13-11-12(5-3-9-18)6-7-14(13)16/h6-7,11,18H,2,4,8-10H2,1H3,(H,17,19). The number of halogens is 1. The van der Waals surface area contributed by atoms with Gasteiger partial charge in [-0.3, -0.25) is 4.79 Å². The molecule has 0 radical (unpaired) electrons. The maximum absolute atomic E-state index is 13.6. The van der Waals surface area contributed by atoms with Gasteiger partial charge in [0.1, 0.15) is 12.4 Å². The maximum Gasteiger partial charge on any atom is 0.254 e. The van der Waals surface area contributed by atoms with Gasteiger partial charge in [0.25, 0.3) is 5.91 Å². The Morgan fingerprint density at radius 3 is 3.00 bits per heavy atom. The molecule has 0 spiro atoms. The molecule has 0 atom stereocenters. The molecule has 0 unspecified atom stereocenters. The molecule has 0 aromatic heterocycles. The van der Waals surface area contributed by atoms with E-state index in [0.717, 1.165) is 0 Å². The summed E-state index contributed by atoms with van der Waals surface area (Å²) in [5.74, 6) is 4.01. The largest absolute Gasteiger partial charge is 0.384 e. The van der Waals surface area contributed by atoms with E-state index in [9.17, 15) is 9.18 Å². The lowest BCUT2D eigenvalue weighted by molar-refractivity contribution is 0.0940. The quantitative estimate of drug-likeness (QED) is 0.610. The molecule has 5 heteroatoms. The Morgan fingerprint density at radius 2 is 2.30 bits per heavy atom. The summed E-state index contributed by atoms with van der Waals surface area (Å²) < 4.78 is 18.7. The van der Waals surface area contributed by atoms with Crippen LogP contribution in [0.25, 0.3) is 0 Å². The zero-order chi connectivity index (χ0) is 14.8. The number of benzene rings is 1. The predicted octanol–water partition coefficient (Wildman–Crippen LogP) is 1.33. The van der Waals surface area contributed by atoms with Gasteiger partial charge in [0, 0.05) is 25.3 Å². The van der Waals surface area contributed by atoms with Crippen LogP contribution < -0.4 is 5.32 Å². The highest BCUT2D eigenvalue weighted by molar-refractivity contribution is 5.94. The second kappa shape index (κ2) is 9.08. The van der Waals surface area contributed by atoms with Crippen LogP contribution in [0.1, 0.15) is 29.3 Å². The number of aliphatic hydroxyl groups is 1. The minimum absolute atomic E-state index is 0.0499. The summed E-state index contributed by atoms with van der Waals surface area (Å²) in [5.41, 5.74) is 0.436. The molecule has 0 aliphatic heterocycles. The number of carbonyl (C=O) groups is 1. The monoisotopic (exact) mass is 279 g/mol. The molecule has 0 saturated carbocycles. The summed E-state index contributed by atoms with van der Waals surface area (Å²) >= 11 is 0. The SMILES string of the molecule is CCOCCCNC(=O)c1cc(C#CCO)ccc1F. The lowest BCUT2D eigenvalue weighted by Gasteiger charge is -2.06. The van der Waals surface area contributed by atoms with Gasteiger partial charge in [-0.15, -0.1) is 0 Å². The molecule has 1 aromatic rings. The lowest BCUT2D eigenvalue weighted by atomic mass is 10.1. The number of nitrogens with one attached hydrogen (secondary N) is 1. The van der Waals surface area contributed by atoms with E-state index in [1.807, 2.05) is 6.92 Å². The molecule has 20 heavy (non-hydrogen) atoms. The van der Waals surface area contributed by atoms with Crippen molar-refractivity contribution in [3.05, 3.63) is 35.1 Å². The first-order valence-electron chi connectivity index (χ1n) is 6.44. The first kappa shape index (κ1) is 16.2. The highest BCUT2D eigenvalue weighted by atomic mass is 19.1. The fourth-order valence-corrected chi connectivity index (χ4v) is 1.53. The first-order chi connectivity index (χ1) is 9.69. The van der Waals surface area contributed by atoms with Crippen molar-refractivity contribution in [3.63, 3.8) is 0 Å². The van der Waals surface area contributed by atoms with Crippen LogP contribution in [0.3, 0.4) is 0 Å².